The topological polar surface area (TPSA) is 71.9 Å². The number of rotatable bonds is 6. The lowest BCUT2D eigenvalue weighted by molar-refractivity contribution is -0.137. The van der Waals surface area contributed by atoms with Crippen molar-refractivity contribution in [2.75, 3.05) is 0 Å². The van der Waals surface area contributed by atoms with E-state index in [0.717, 1.165) is 10.4 Å². The largest absolute Gasteiger partial charge is 0.287 e. The average Bonchev–Trinajstić information content (AvgIpc) is 3.24. The van der Waals surface area contributed by atoms with Gasteiger partial charge in [-0.3, -0.25) is 19.3 Å². The SMILES string of the molecule is C[C@H](C(=O)NOCc1ccccc1)n1c(-c2cccs2)n[nH]c1=S. The van der Waals surface area contributed by atoms with Gasteiger partial charge in [-0.1, -0.05) is 36.4 Å². The Bertz CT molecular complexity index is 856. The zero-order valence-electron chi connectivity index (χ0n) is 12.9. The molecule has 24 heavy (non-hydrogen) atoms. The van der Waals surface area contributed by atoms with Crippen molar-refractivity contribution in [1.29, 1.82) is 0 Å². The van der Waals surface area contributed by atoms with Crippen LogP contribution in [0.3, 0.4) is 0 Å². The van der Waals surface area contributed by atoms with E-state index in [2.05, 4.69) is 15.7 Å². The number of benzene rings is 1. The fourth-order valence-electron chi connectivity index (χ4n) is 2.21. The van der Waals surface area contributed by atoms with Crippen LogP contribution in [0.5, 0.6) is 0 Å². The quantitative estimate of drug-likeness (QED) is 0.521. The summed E-state index contributed by atoms with van der Waals surface area (Å²) in [6.45, 7) is 2.05. The first-order chi connectivity index (χ1) is 11.7. The molecular formula is C16H16N4O2S2. The molecule has 1 atom stereocenters. The van der Waals surface area contributed by atoms with Gasteiger partial charge in [-0.2, -0.15) is 5.10 Å². The molecule has 0 aliphatic carbocycles. The summed E-state index contributed by atoms with van der Waals surface area (Å²) in [7, 11) is 0. The van der Waals surface area contributed by atoms with Crippen molar-refractivity contribution >= 4 is 29.5 Å². The predicted octanol–water partition coefficient (Wildman–Crippen LogP) is 3.48. The molecule has 0 fully saturated rings. The standard InChI is InChI=1S/C16H16N4O2S2/c1-11(15(21)19-22-10-12-6-3-2-4-7-12)20-14(17-18-16(20)23)13-8-5-9-24-13/h2-9,11H,10H2,1H3,(H,18,23)(H,19,21)/t11-/m1/s1. The highest BCUT2D eigenvalue weighted by atomic mass is 32.1. The van der Waals surface area contributed by atoms with Crippen molar-refractivity contribution in [3.05, 3.63) is 58.2 Å². The van der Waals surface area contributed by atoms with Gasteiger partial charge in [0.15, 0.2) is 10.6 Å². The molecule has 6 nitrogen and oxygen atoms in total. The van der Waals surface area contributed by atoms with Gasteiger partial charge in [0.1, 0.15) is 6.04 Å². The smallest absolute Gasteiger partial charge is 0.266 e. The van der Waals surface area contributed by atoms with Crippen LogP contribution in [0.25, 0.3) is 10.7 Å². The van der Waals surface area contributed by atoms with Gasteiger partial charge < -0.3 is 0 Å². The van der Waals surface area contributed by atoms with Crippen LogP contribution in [0.15, 0.2) is 47.8 Å². The molecule has 3 rings (SSSR count). The molecule has 1 aromatic carbocycles. The molecule has 2 N–H and O–H groups in total. The third-order valence-corrected chi connectivity index (χ3v) is 4.62. The van der Waals surface area contributed by atoms with Crippen LogP contribution >= 0.6 is 23.6 Å². The monoisotopic (exact) mass is 360 g/mol. The van der Waals surface area contributed by atoms with Gasteiger partial charge in [0.05, 0.1) is 11.5 Å². The van der Waals surface area contributed by atoms with Crippen molar-refractivity contribution in [2.45, 2.75) is 19.6 Å². The molecule has 3 aromatic rings. The minimum absolute atomic E-state index is 0.291. The molecular weight excluding hydrogens is 344 g/mol. The first kappa shape index (κ1) is 16.6. The first-order valence-corrected chi connectivity index (χ1v) is 8.62. The first-order valence-electron chi connectivity index (χ1n) is 7.33. The van der Waals surface area contributed by atoms with E-state index in [1.165, 1.54) is 11.3 Å². The Morgan fingerprint density at radius 1 is 1.38 bits per heavy atom. The lowest BCUT2D eigenvalue weighted by atomic mass is 10.2. The summed E-state index contributed by atoms with van der Waals surface area (Å²) < 4.78 is 2.08. The summed E-state index contributed by atoms with van der Waals surface area (Å²) in [5.74, 6) is 0.349. The van der Waals surface area contributed by atoms with Crippen molar-refractivity contribution in [3.8, 4) is 10.7 Å². The number of carbonyl (C=O) groups is 1. The molecule has 0 spiro atoms. The summed E-state index contributed by atoms with van der Waals surface area (Å²) in [6.07, 6.45) is 0. The Hall–Kier alpha value is -2.29. The summed E-state index contributed by atoms with van der Waals surface area (Å²) in [5.41, 5.74) is 3.45. The van der Waals surface area contributed by atoms with Gasteiger partial charge in [-0.05, 0) is 36.2 Å². The lowest BCUT2D eigenvalue weighted by Gasteiger charge is -2.15. The predicted molar refractivity (Wildman–Crippen MR) is 94.8 cm³/mol. The second-order valence-corrected chi connectivity index (χ2v) is 6.45. The Morgan fingerprint density at radius 3 is 2.88 bits per heavy atom. The molecule has 0 radical (unpaired) electrons. The van der Waals surface area contributed by atoms with E-state index in [4.69, 9.17) is 17.1 Å². The molecule has 1 amide bonds. The minimum Gasteiger partial charge on any atom is -0.287 e. The van der Waals surface area contributed by atoms with E-state index in [1.807, 2.05) is 47.8 Å². The number of hydrogen-bond donors (Lipinski definition) is 2. The van der Waals surface area contributed by atoms with Gasteiger partial charge in [-0.15, -0.1) is 11.3 Å². The molecule has 0 aliphatic rings. The number of carbonyl (C=O) groups excluding carboxylic acids is 1. The van der Waals surface area contributed by atoms with Crippen molar-refractivity contribution < 1.29 is 9.63 Å². The van der Waals surface area contributed by atoms with Crippen LogP contribution in [0.4, 0.5) is 0 Å². The second kappa shape index (κ2) is 7.52. The van der Waals surface area contributed by atoms with Crippen LogP contribution in [-0.2, 0) is 16.2 Å². The molecule has 124 valence electrons. The summed E-state index contributed by atoms with van der Waals surface area (Å²) in [4.78, 5) is 18.6. The van der Waals surface area contributed by atoms with Crippen molar-refractivity contribution in [2.24, 2.45) is 0 Å². The van der Waals surface area contributed by atoms with E-state index >= 15 is 0 Å². The van der Waals surface area contributed by atoms with Gasteiger partial charge in [0, 0.05) is 0 Å². The van der Waals surface area contributed by atoms with Gasteiger partial charge in [0.2, 0.25) is 0 Å². The lowest BCUT2D eigenvalue weighted by Crippen LogP contribution is -2.31. The maximum absolute atomic E-state index is 12.4. The average molecular weight is 360 g/mol. The number of aromatic nitrogens is 3. The number of nitrogens with zero attached hydrogens (tertiary/aromatic N) is 2. The van der Waals surface area contributed by atoms with E-state index in [-0.39, 0.29) is 5.91 Å². The van der Waals surface area contributed by atoms with Crippen LogP contribution in [0.2, 0.25) is 0 Å². The van der Waals surface area contributed by atoms with E-state index < -0.39 is 6.04 Å². The summed E-state index contributed by atoms with van der Waals surface area (Å²) in [6, 6.07) is 12.9. The number of hydrogen-bond acceptors (Lipinski definition) is 5. The Labute approximate surface area is 148 Å². The summed E-state index contributed by atoms with van der Waals surface area (Å²) >= 11 is 6.80. The normalized spacial score (nSPS) is 12.0. The molecule has 0 aliphatic heterocycles. The zero-order valence-corrected chi connectivity index (χ0v) is 14.6. The second-order valence-electron chi connectivity index (χ2n) is 5.12. The molecule has 8 heteroatoms. The number of hydroxylamine groups is 1. The van der Waals surface area contributed by atoms with Crippen LogP contribution < -0.4 is 5.48 Å². The highest BCUT2D eigenvalue weighted by Crippen LogP contribution is 2.25. The number of amides is 1. The highest BCUT2D eigenvalue weighted by Gasteiger charge is 2.21. The third kappa shape index (κ3) is 3.61. The Kier molecular flexibility index (Phi) is 5.19. The van der Waals surface area contributed by atoms with Gasteiger partial charge in [-0.25, -0.2) is 5.48 Å². The van der Waals surface area contributed by atoms with Crippen LogP contribution in [-0.4, -0.2) is 20.7 Å². The highest BCUT2D eigenvalue weighted by molar-refractivity contribution is 7.71. The Morgan fingerprint density at radius 2 is 2.17 bits per heavy atom. The van der Waals surface area contributed by atoms with Crippen LogP contribution in [0.1, 0.15) is 18.5 Å². The van der Waals surface area contributed by atoms with Crippen LogP contribution in [0, 0.1) is 4.77 Å². The molecule has 0 saturated carbocycles. The number of thiophene rings is 1. The van der Waals surface area contributed by atoms with Crippen molar-refractivity contribution in [3.63, 3.8) is 0 Å². The number of aromatic amines is 1. The van der Waals surface area contributed by atoms with E-state index in [9.17, 15) is 4.79 Å². The summed E-state index contributed by atoms with van der Waals surface area (Å²) in [5, 5.41) is 8.92. The molecule has 2 aromatic heterocycles. The van der Waals surface area contributed by atoms with Gasteiger partial charge >= 0.3 is 0 Å². The molecule has 0 saturated heterocycles. The molecule has 0 unspecified atom stereocenters. The zero-order chi connectivity index (χ0) is 16.9. The fourth-order valence-corrected chi connectivity index (χ4v) is 3.21. The molecule has 2 heterocycles. The van der Waals surface area contributed by atoms with E-state index in [0.29, 0.717) is 17.2 Å². The third-order valence-electron chi connectivity index (χ3n) is 3.47. The number of nitrogens with one attached hydrogen (secondary N) is 2. The van der Waals surface area contributed by atoms with Crippen molar-refractivity contribution in [1.82, 2.24) is 20.2 Å². The molecule has 0 bridgehead atoms. The number of H-pyrrole nitrogens is 1. The minimum atomic E-state index is -0.552. The maximum atomic E-state index is 12.4. The van der Waals surface area contributed by atoms with Gasteiger partial charge in [0.25, 0.3) is 5.91 Å². The maximum Gasteiger partial charge on any atom is 0.266 e. The fraction of sp³-hybridized carbons (Fsp3) is 0.188. The van der Waals surface area contributed by atoms with E-state index in [1.54, 1.807) is 11.5 Å². The Balaban J connectivity index is 1.68.